The van der Waals surface area contributed by atoms with E-state index in [1.54, 1.807) is 0 Å². The zero-order valence-electron chi connectivity index (χ0n) is 20.4. The van der Waals surface area contributed by atoms with E-state index in [-0.39, 0.29) is 36.2 Å². The van der Waals surface area contributed by atoms with Gasteiger partial charge in [0.15, 0.2) is 0 Å². The van der Waals surface area contributed by atoms with Gasteiger partial charge in [0, 0.05) is 24.9 Å². The Bertz CT molecular complexity index is 1140. The summed E-state index contributed by atoms with van der Waals surface area (Å²) in [6, 6.07) is 15.9. The van der Waals surface area contributed by atoms with Crippen LogP contribution in [0.1, 0.15) is 57.1 Å². The molecule has 35 heavy (non-hydrogen) atoms. The van der Waals surface area contributed by atoms with Gasteiger partial charge >= 0.3 is 12.1 Å². The molecule has 2 aromatic carbocycles. The van der Waals surface area contributed by atoms with Gasteiger partial charge in [0.25, 0.3) is 0 Å². The summed E-state index contributed by atoms with van der Waals surface area (Å²) in [7, 11) is 0. The van der Waals surface area contributed by atoms with Crippen LogP contribution in [0.25, 0.3) is 11.1 Å². The van der Waals surface area contributed by atoms with Crippen LogP contribution in [0.3, 0.4) is 0 Å². The highest BCUT2D eigenvalue weighted by molar-refractivity contribution is 5.90. The molecular weight excluding hydrogens is 444 g/mol. The van der Waals surface area contributed by atoms with Crippen molar-refractivity contribution in [3.05, 3.63) is 59.7 Å². The summed E-state index contributed by atoms with van der Waals surface area (Å²) in [5.74, 6) is -1.23. The molecule has 4 aliphatic rings. The molecule has 7 nitrogen and oxygen atoms in total. The van der Waals surface area contributed by atoms with Crippen molar-refractivity contribution in [3.63, 3.8) is 0 Å². The minimum atomic E-state index is -1.09. The van der Waals surface area contributed by atoms with E-state index >= 15 is 0 Å². The number of hydrogen-bond acceptors (Lipinski definition) is 4. The van der Waals surface area contributed by atoms with Crippen LogP contribution in [-0.4, -0.2) is 52.7 Å². The van der Waals surface area contributed by atoms with E-state index in [2.05, 4.69) is 29.6 Å². The molecule has 7 heteroatoms. The van der Waals surface area contributed by atoms with Gasteiger partial charge in [0.1, 0.15) is 12.1 Å². The van der Waals surface area contributed by atoms with Crippen LogP contribution < -0.4 is 5.32 Å². The van der Waals surface area contributed by atoms with Gasteiger partial charge in [-0.1, -0.05) is 69.3 Å². The van der Waals surface area contributed by atoms with Crippen LogP contribution in [0.15, 0.2) is 48.5 Å². The molecule has 6 rings (SSSR count). The van der Waals surface area contributed by atoms with Crippen LogP contribution in [0.4, 0.5) is 4.79 Å². The summed E-state index contributed by atoms with van der Waals surface area (Å²) in [4.78, 5) is 39.4. The number of amides is 2. The Morgan fingerprint density at radius 2 is 1.63 bits per heavy atom. The smallest absolute Gasteiger partial charge is 0.407 e. The Balaban J connectivity index is 1.23. The Labute approximate surface area is 205 Å². The molecule has 1 atom stereocenters. The number of carboxylic acid groups (broad SMARTS) is 1. The van der Waals surface area contributed by atoms with Gasteiger partial charge in [-0.25, -0.2) is 9.59 Å². The molecule has 2 aliphatic carbocycles. The van der Waals surface area contributed by atoms with Gasteiger partial charge in [-0.3, -0.25) is 4.79 Å². The average molecular weight is 477 g/mol. The monoisotopic (exact) mass is 476 g/mol. The standard InChI is InChI=1S/C28H32N2O5/c1-17(2)23(12-24(31)30-16-27(3)14-28(30,15-27)25(32)33)29-26(34)35-13-22-20-10-6-4-8-18(20)19-9-5-7-11-21(19)22/h4-11,17,22-23H,12-16H2,1-3H3,(H,29,34)(H,32,33)/t23-,27?,28?/m1/s1. The minimum absolute atomic E-state index is 0.0200. The van der Waals surface area contributed by atoms with E-state index in [1.807, 2.05) is 45.0 Å². The number of carbonyl (C=O) groups is 3. The van der Waals surface area contributed by atoms with Crippen molar-refractivity contribution in [1.29, 1.82) is 0 Å². The van der Waals surface area contributed by atoms with E-state index in [4.69, 9.17) is 4.74 Å². The largest absolute Gasteiger partial charge is 0.479 e. The average Bonchev–Trinajstić information content (AvgIpc) is 3.41. The summed E-state index contributed by atoms with van der Waals surface area (Å²) in [5, 5.41) is 12.6. The lowest BCUT2D eigenvalue weighted by atomic mass is 9.63. The minimum Gasteiger partial charge on any atom is -0.479 e. The normalized spacial score (nSPS) is 25.0. The summed E-state index contributed by atoms with van der Waals surface area (Å²) >= 11 is 0. The van der Waals surface area contributed by atoms with E-state index in [1.165, 1.54) is 4.90 Å². The van der Waals surface area contributed by atoms with Gasteiger partial charge in [-0.15, -0.1) is 0 Å². The van der Waals surface area contributed by atoms with Gasteiger partial charge in [0.2, 0.25) is 5.91 Å². The second-order valence-electron chi connectivity index (χ2n) is 11.0. The molecule has 2 aliphatic heterocycles. The maximum atomic E-state index is 13.1. The molecule has 2 N–H and O–H groups in total. The fraction of sp³-hybridized carbons (Fsp3) is 0.464. The van der Waals surface area contributed by atoms with Gasteiger partial charge < -0.3 is 20.1 Å². The number of fused-ring (bicyclic) bond motifs is 4. The topological polar surface area (TPSA) is 95.9 Å². The maximum absolute atomic E-state index is 13.1. The third kappa shape index (κ3) is 3.87. The van der Waals surface area contributed by atoms with Crippen molar-refractivity contribution in [3.8, 4) is 11.1 Å². The Morgan fingerprint density at radius 1 is 1.06 bits per heavy atom. The second kappa shape index (κ2) is 8.40. The molecule has 2 bridgehead atoms. The molecule has 2 amide bonds. The van der Waals surface area contributed by atoms with Crippen LogP contribution in [0.5, 0.6) is 0 Å². The first kappa shape index (κ1) is 23.4. The number of nitrogens with zero attached hydrogens (tertiary/aromatic N) is 1. The molecular formula is C28H32N2O5. The van der Waals surface area contributed by atoms with Crippen molar-refractivity contribution in [2.24, 2.45) is 11.3 Å². The number of aliphatic carboxylic acids is 1. The van der Waals surface area contributed by atoms with Crippen LogP contribution in [0.2, 0.25) is 0 Å². The molecule has 1 saturated carbocycles. The number of nitrogens with one attached hydrogen (secondary N) is 1. The molecule has 2 saturated heterocycles. The second-order valence-corrected chi connectivity index (χ2v) is 11.0. The van der Waals surface area contributed by atoms with E-state index in [0.29, 0.717) is 19.4 Å². The van der Waals surface area contributed by atoms with Crippen molar-refractivity contribution >= 4 is 18.0 Å². The van der Waals surface area contributed by atoms with E-state index in [9.17, 15) is 19.5 Å². The van der Waals surface area contributed by atoms with Crippen LogP contribution >= 0.6 is 0 Å². The molecule has 2 heterocycles. The first-order valence-corrected chi connectivity index (χ1v) is 12.3. The lowest BCUT2D eigenvalue weighted by molar-refractivity contribution is -0.160. The fourth-order valence-electron chi connectivity index (χ4n) is 6.33. The predicted octanol–water partition coefficient (Wildman–Crippen LogP) is 4.41. The molecule has 2 aromatic rings. The summed E-state index contributed by atoms with van der Waals surface area (Å²) in [6.45, 7) is 6.54. The number of carboxylic acids is 1. The third-order valence-corrected chi connectivity index (χ3v) is 8.04. The van der Waals surface area contributed by atoms with Gasteiger partial charge in [0.05, 0.1) is 0 Å². The van der Waals surface area contributed by atoms with E-state index in [0.717, 1.165) is 22.3 Å². The predicted molar refractivity (Wildman–Crippen MR) is 131 cm³/mol. The Morgan fingerprint density at radius 3 is 2.17 bits per heavy atom. The van der Waals surface area contributed by atoms with E-state index < -0.39 is 23.6 Å². The summed E-state index contributed by atoms with van der Waals surface area (Å²) < 4.78 is 5.66. The van der Waals surface area contributed by atoms with Gasteiger partial charge in [-0.05, 0) is 46.4 Å². The zero-order chi connectivity index (χ0) is 25.0. The SMILES string of the molecule is CC(C)[C@@H](CC(=O)N1CC2(C)CC1(C(=O)O)C2)NC(=O)OCC1c2ccccc2-c2ccccc21. The number of rotatable bonds is 7. The highest BCUT2D eigenvalue weighted by Crippen LogP contribution is 2.59. The van der Waals surface area contributed by atoms with Crippen LogP contribution in [-0.2, 0) is 14.3 Å². The zero-order valence-corrected chi connectivity index (χ0v) is 20.4. The Hall–Kier alpha value is -3.35. The number of benzene rings is 2. The molecule has 3 fully saturated rings. The number of alkyl carbamates (subject to hydrolysis) is 1. The quantitative estimate of drug-likeness (QED) is 0.617. The third-order valence-electron chi connectivity index (χ3n) is 8.04. The number of carbonyl (C=O) groups excluding carboxylic acids is 2. The fourth-order valence-corrected chi connectivity index (χ4v) is 6.33. The molecule has 0 spiro atoms. The van der Waals surface area contributed by atoms with Crippen molar-refractivity contribution in [2.45, 2.75) is 57.5 Å². The lowest BCUT2D eigenvalue weighted by Gasteiger charge is -2.42. The highest BCUT2D eigenvalue weighted by atomic mass is 16.5. The number of ether oxygens (including phenoxy) is 1. The van der Waals surface area contributed by atoms with Gasteiger partial charge in [-0.2, -0.15) is 0 Å². The first-order chi connectivity index (χ1) is 16.6. The van der Waals surface area contributed by atoms with Crippen molar-refractivity contribution < 1.29 is 24.2 Å². The Kier molecular flexibility index (Phi) is 5.61. The highest BCUT2D eigenvalue weighted by Gasteiger charge is 2.68. The molecule has 0 radical (unpaired) electrons. The first-order valence-electron chi connectivity index (χ1n) is 12.3. The van der Waals surface area contributed by atoms with Crippen molar-refractivity contribution in [1.82, 2.24) is 10.2 Å². The number of hydrogen-bond donors (Lipinski definition) is 2. The maximum Gasteiger partial charge on any atom is 0.407 e. The summed E-state index contributed by atoms with van der Waals surface area (Å²) in [6.07, 6.45) is 0.469. The summed E-state index contributed by atoms with van der Waals surface area (Å²) in [5.41, 5.74) is 3.38. The van der Waals surface area contributed by atoms with Crippen LogP contribution in [0, 0.1) is 11.3 Å². The molecule has 0 aromatic heterocycles. The molecule has 184 valence electrons. The lowest BCUT2D eigenvalue weighted by Crippen LogP contribution is -2.57. The molecule has 0 unspecified atom stereocenters. The van der Waals surface area contributed by atoms with Crippen molar-refractivity contribution in [2.75, 3.05) is 13.2 Å².